The zero-order valence-corrected chi connectivity index (χ0v) is 11.9. The number of aromatic nitrogens is 1. The van der Waals surface area contributed by atoms with Crippen molar-refractivity contribution >= 4 is 27.8 Å². The van der Waals surface area contributed by atoms with Crippen LogP contribution in [0.25, 0.3) is 0 Å². The Morgan fingerprint density at radius 3 is 2.78 bits per heavy atom. The van der Waals surface area contributed by atoms with Gasteiger partial charge in [0.15, 0.2) is 0 Å². The Morgan fingerprint density at radius 1 is 1.50 bits per heavy atom. The fourth-order valence-electron chi connectivity index (χ4n) is 1.46. The Labute approximate surface area is 114 Å². The number of nitrogens with zero attached hydrogens (tertiary/aromatic N) is 2. The summed E-state index contributed by atoms with van der Waals surface area (Å²) in [6.07, 6.45) is 2.31. The average molecular weight is 315 g/mol. The van der Waals surface area contributed by atoms with Crippen LogP contribution < -0.4 is 0 Å². The molecule has 0 aliphatic heterocycles. The van der Waals surface area contributed by atoms with E-state index in [1.165, 1.54) is 12.0 Å². The molecule has 0 radical (unpaired) electrons. The van der Waals surface area contributed by atoms with Gasteiger partial charge in [-0.3, -0.25) is 9.59 Å². The summed E-state index contributed by atoms with van der Waals surface area (Å²) in [5.41, 5.74) is 0.495. The van der Waals surface area contributed by atoms with Gasteiger partial charge in [-0.1, -0.05) is 6.92 Å². The monoisotopic (exact) mass is 314 g/mol. The van der Waals surface area contributed by atoms with Gasteiger partial charge in [0.2, 0.25) is 0 Å². The zero-order valence-electron chi connectivity index (χ0n) is 10.4. The predicted molar refractivity (Wildman–Crippen MR) is 70.1 cm³/mol. The van der Waals surface area contributed by atoms with Gasteiger partial charge in [0.05, 0.1) is 7.11 Å². The number of pyridine rings is 1. The second-order valence-corrected chi connectivity index (χ2v) is 4.48. The lowest BCUT2D eigenvalue weighted by Crippen LogP contribution is -2.36. The molecule has 0 atom stereocenters. The summed E-state index contributed by atoms with van der Waals surface area (Å²) in [5.74, 6) is -0.629. The predicted octanol–water partition coefficient (Wildman–Crippen LogP) is 1.87. The summed E-state index contributed by atoms with van der Waals surface area (Å²) in [4.78, 5) is 28.9. The van der Waals surface area contributed by atoms with E-state index < -0.39 is 5.97 Å². The van der Waals surface area contributed by atoms with Crippen molar-refractivity contribution in [1.29, 1.82) is 0 Å². The van der Waals surface area contributed by atoms with E-state index in [2.05, 4.69) is 25.7 Å². The first-order valence-electron chi connectivity index (χ1n) is 5.56. The molecule has 1 rings (SSSR count). The van der Waals surface area contributed by atoms with Crippen LogP contribution in [0, 0.1) is 0 Å². The smallest absolute Gasteiger partial charge is 0.325 e. The number of halogens is 1. The lowest BCUT2D eigenvalue weighted by atomic mass is 10.2. The van der Waals surface area contributed by atoms with Crippen LogP contribution in [0.4, 0.5) is 0 Å². The van der Waals surface area contributed by atoms with E-state index >= 15 is 0 Å². The Morgan fingerprint density at radius 2 is 2.22 bits per heavy atom. The first-order chi connectivity index (χ1) is 8.58. The number of esters is 1. The largest absolute Gasteiger partial charge is 0.468 e. The van der Waals surface area contributed by atoms with E-state index in [0.29, 0.717) is 16.7 Å². The molecule has 1 aromatic rings. The Hall–Kier alpha value is -1.43. The van der Waals surface area contributed by atoms with Gasteiger partial charge in [0, 0.05) is 18.3 Å². The maximum absolute atomic E-state index is 12.2. The molecule has 0 saturated carbocycles. The molecular weight excluding hydrogens is 300 g/mol. The number of ether oxygens (including phenoxy) is 1. The molecule has 1 heterocycles. The van der Waals surface area contributed by atoms with Crippen LogP contribution >= 0.6 is 15.9 Å². The summed E-state index contributed by atoms with van der Waals surface area (Å²) in [7, 11) is 1.31. The lowest BCUT2D eigenvalue weighted by Gasteiger charge is -2.20. The maximum atomic E-state index is 12.2. The summed E-state index contributed by atoms with van der Waals surface area (Å²) in [5, 5.41) is 0. The molecule has 1 amide bonds. The first-order valence-corrected chi connectivity index (χ1v) is 6.35. The molecule has 0 bridgehead atoms. The van der Waals surface area contributed by atoms with Gasteiger partial charge in [-0.15, -0.1) is 0 Å². The van der Waals surface area contributed by atoms with E-state index in [0.717, 1.165) is 6.42 Å². The number of carbonyl (C=O) groups is 2. The van der Waals surface area contributed by atoms with Crippen molar-refractivity contribution in [3.05, 3.63) is 28.5 Å². The SMILES string of the molecule is CCCN(CC(=O)OC)C(=O)c1ccnc(Br)c1. The van der Waals surface area contributed by atoms with Gasteiger partial charge in [0.1, 0.15) is 11.1 Å². The fourth-order valence-corrected chi connectivity index (χ4v) is 1.83. The van der Waals surface area contributed by atoms with Crippen LogP contribution in [0.3, 0.4) is 0 Å². The van der Waals surface area contributed by atoms with E-state index in [9.17, 15) is 9.59 Å². The minimum absolute atomic E-state index is 0.0386. The molecule has 0 aliphatic rings. The molecule has 0 N–H and O–H groups in total. The molecule has 0 saturated heterocycles. The average Bonchev–Trinajstić information content (AvgIpc) is 2.37. The maximum Gasteiger partial charge on any atom is 0.325 e. The Balaban J connectivity index is 2.85. The van der Waals surface area contributed by atoms with Crippen molar-refractivity contribution in [2.24, 2.45) is 0 Å². The molecule has 0 aliphatic carbocycles. The van der Waals surface area contributed by atoms with Crippen molar-refractivity contribution in [1.82, 2.24) is 9.88 Å². The van der Waals surface area contributed by atoms with E-state index in [4.69, 9.17) is 0 Å². The molecule has 6 heteroatoms. The standard InChI is InChI=1S/C12H15BrN2O3/c1-3-6-15(8-11(16)18-2)12(17)9-4-5-14-10(13)7-9/h4-5,7H,3,6,8H2,1-2H3. The summed E-state index contributed by atoms with van der Waals surface area (Å²) in [6, 6.07) is 3.25. The van der Waals surface area contributed by atoms with Crippen LogP contribution in [0.5, 0.6) is 0 Å². The molecule has 5 nitrogen and oxygen atoms in total. The van der Waals surface area contributed by atoms with Crippen LogP contribution in [0.2, 0.25) is 0 Å². The highest BCUT2D eigenvalue weighted by molar-refractivity contribution is 9.10. The zero-order chi connectivity index (χ0) is 13.5. The van der Waals surface area contributed by atoms with Crippen molar-refractivity contribution in [2.75, 3.05) is 20.2 Å². The summed E-state index contributed by atoms with van der Waals surface area (Å²) < 4.78 is 5.17. The molecule has 0 unspecified atom stereocenters. The van der Waals surface area contributed by atoms with Gasteiger partial charge in [-0.25, -0.2) is 4.98 Å². The number of rotatable bonds is 5. The molecule has 18 heavy (non-hydrogen) atoms. The summed E-state index contributed by atoms with van der Waals surface area (Å²) >= 11 is 3.21. The minimum Gasteiger partial charge on any atom is -0.468 e. The van der Waals surface area contributed by atoms with Gasteiger partial charge < -0.3 is 9.64 Å². The van der Waals surface area contributed by atoms with Gasteiger partial charge in [-0.05, 0) is 34.5 Å². The molecular formula is C12H15BrN2O3. The van der Waals surface area contributed by atoms with Crippen LogP contribution in [0.1, 0.15) is 23.7 Å². The second-order valence-electron chi connectivity index (χ2n) is 3.67. The highest BCUT2D eigenvalue weighted by Crippen LogP contribution is 2.11. The van der Waals surface area contributed by atoms with E-state index in [-0.39, 0.29) is 12.5 Å². The third-order valence-electron chi connectivity index (χ3n) is 2.30. The number of methoxy groups -OCH3 is 1. The summed E-state index contributed by atoms with van der Waals surface area (Å²) in [6.45, 7) is 2.41. The third-order valence-corrected chi connectivity index (χ3v) is 2.74. The lowest BCUT2D eigenvalue weighted by molar-refractivity contribution is -0.141. The Kier molecular flexibility index (Phi) is 5.77. The Bertz CT molecular complexity index is 437. The van der Waals surface area contributed by atoms with E-state index in [1.54, 1.807) is 18.3 Å². The number of hydrogen-bond acceptors (Lipinski definition) is 4. The second kappa shape index (κ2) is 7.10. The van der Waals surface area contributed by atoms with Crippen molar-refractivity contribution < 1.29 is 14.3 Å². The highest BCUT2D eigenvalue weighted by Gasteiger charge is 2.18. The molecule has 0 fully saturated rings. The quantitative estimate of drug-likeness (QED) is 0.615. The highest BCUT2D eigenvalue weighted by atomic mass is 79.9. The van der Waals surface area contributed by atoms with Crippen LogP contribution in [0.15, 0.2) is 22.9 Å². The minimum atomic E-state index is -0.426. The molecule has 0 spiro atoms. The van der Waals surface area contributed by atoms with Crippen molar-refractivity contribution in [3.8, 4) is 0 Å². The van der Waals surface area contributed by atoms with Gasteiger partial charge >= 0.3 is 5.97 Å². The molecule has 98 valence electrons. The van der Waals surface area contributed by atoms with Crippen LogP contribution in [-0.2, 0) is 9.53 Å². The van der Waals surface area contributed by atoms with Crippen molar-refractivity contribution in [3.63, 3.8) is 0 Å². The number of amides is 1. The van der Waals surface area contributed by atoms with Gasteiger partial charge in [-0.2, -0.15) is 0 Å². The number of carbonyl (C=O) groups excluding carboxylic acids is 2. The topological polar surface area (TPSA) is 59.5 Å². The molecule has 0 aromatic carbocycles. The van der Waals surface area contributed by atoms with E-state index in [1.807, 2.05) is 6.92 Å². The first kappa shape index (κ1) is 14.6. The normalized spacial score (nSPS) is 9.94. The van der Waals surface area contributed by atoms with Gasteiger partial charge in [0.25, 0.3) is 5.91 Å². The van der Waals surface area contributed by atoms with Crippen LogP contribution in [-0.4, -0.2) is 42.0 Å². The molecule has 1 aromatic heterocycles. The third kappa shape index (κ3) is 4.10. The van der Waals surface area contributed by atoms with Crippen molar-refractivity contribution in [2.45, 2.75) is 13.3 Å². The fraction of sp³-hybridized carbons (Fsp3) is 0.417. The number of hydrogen-bond donors (Lipinski definition) is 0.